The van der Waals surface area contributed by atoms with Crippen molar-refractivity contribution in [3.05, 3.63) is 29.8 Å². The number of imide groups is 1. The van der Waals surface area contributed by atoms with Crippen LogP contribution in [-0.4, -0.2) is 51.0 Å². The lowest BCUT2D eigenvalue weighted by molar-refractivity contribution is -0.132. The van der Waals surface area contributed by atoms with Gasteiger partial charge in [0.2, 0.25) is 11.8 Å². The molecule has 0 atom stereocenters. The number of carbonyl (C=O) groups is 3. The van der Waals surface area contributed by atoms with Crippen molar-refractivity contribution >= 4 is 28.6 Å². The molecule has 0 saturated carbocycles. The zero-order chi connectivity index (χ0) is 17.7. The fourth-order valence-corrected chi connectivity index (χ4v) is 3.60. The molecule has 0 aliphatic carbocycles. The average Bonchev–Trinajstić information content (AvgIpc) is 2.91. The van der Waals surface area contributed by atoms with Crippen LogP contribution in [0.5, 0.6) is 0 Å². The quantitative estimate of drug-likeness (QED) is 0.436. The van der Waals surface area contributed by atoms with E-state index in [1.807, 2.05) is 6.92 Å². The van der Waals surface area contributed by atoms with E-state index in [4.69, 9.17) is 9.47 Å². The predicted molar refractivity (Wildman–Crippen MR) is 85.4 cm³/mol. The Bertz CT molecular complexity index is 613. The van der Waals surface area contributed by atoms with Crippen LogP contribution in [0.2, 0.25) is 0 Å². The molecule has 2 amide bonds. The second-order valence-electron chi connectivity index (χ2n) is 4.96. The molecule has 0 radical (unpaired) electrons. The molecule has 1 aromatic carbocycles. The molecular formula is C15H19NO7S. The van der Waals surface area contributed by atoms with Gasteiger partial charge in [0.05, 0.1) is 17.1 Å². The monoisotopic (exact) mass is 357 g/mol. The molecule has 132 valence electrons. The molecule has 9 heteroatoms. The van der Waals surface area contributed by atoms with Gasteiger partial charge < -0.3 is 9.47 Å². The van der Waals surface area contributed by atoms with Crippen molar-refractivity contribution in [2.24, 2.45) is 0 Å². The van der Waals surface area contributed by atoms with Gasteiger partial charge in [-0.1, -0.05) is 10.8 Å². The standard InChI is InChI=1S/C15H19NO7S/c1-2-22-9-10-23-15(19)11-3-5-12(6-4-11)24(20,21)16-13(17)7-8-14(16)18/h3-6,20-21H,2,7-10H2,1H3. The number of nitrogens with zero attached hydrogens (tertiary/aromatic N) is 1. The molecule has 0 unspecified atom stereocenters. The van der Waals surface area contributed by atoms with Gasteiger partial charge in [-0.2, -0.15) is 4.31 Å². The third kappa shape index (κ3) is 3.93. The largest absolute Gasteiger partial charge is 0.460 e. The third-order valence-corrected chi connectivity index (χ3v) is 5.15. The highest BCUT2D eigenvalue weighted by molar-refractivity contribution is 8.23. The van der Waals surface area contributed by atoms with Crippen LogP contribution in [0.4, 0.5) is 0 Å². The maximum atomic E-state index is 11.8. The van der Waals surface area contributed by atoms with Gasteiger partial charge in [0.15, 0.2) is 0 Å². The second-order valence-corrected chi connectivity index (χ2v) is 6.83. The zero-order valence-electron chi connectivity index (χ0n) is 13.1. The second kappa shape index (κ2) is 7.75. The summed E-state index contributed by atoms with van der Waals surface area (Å²) >= 11 is 0. The number of hydrogen-bond donors (Lipinski definition) is 2. The minimum atomic E-state index is -3.74. The van der Waals surface area contributed by atoms with Gasteiger partial charge in [0, 0.05) is 19.4 Å². The van der Waals surface area contributed by atoms with Gasteiger partial charge in [-0.25, -0.2) is 4.79 Å². The normalized spacial score (nSPS) is 15.7. The van der Waals surface area contributed by atoms with Crippen molar-refractivity contribution in [1.29, 1.82) is 0 Å². The zero-order valence-corrected chi connectivity index (χ0v) is 14.0. The van der Waals surface area contributed by atoms with E-state index >= 15 is 0 Å². The maximum absolute atomic E-state index is 11.8. The minimum absolute atomic E-state index is 0.0167. The van der Waals surface area contributed by atoms with E-state index in [-0.39, 0.29) is 29.9 Å². The molecule has 2 rings (SSSR count). The Morgan fingerprint density at radius 2 is 1.71 bits per heavy atom. The molecule has 24 heavy (non-hydrogen) atoms. The summed E-state index contributed by atoms with van der Waals surface area (Å²) in [6.07, 6.45) is -0.0854. The predicted octanol–water partition coefficient (Wildman–Crippen LogP) is 2.05. The molecule has 1 aliphatic rings. The fraction of sp³-hybridized carbons (Fsp3) is 0.400. The fourth-order valence-electron chi connectivity index (χ4n) is 2.14. The molecule has 8 nitrogen and oxygen atoms in total. The third-order valence-electron chi connectivity index (χ3n) is 3.33. The van der Waals surface area contributed by atoms with E-state index in [0.29, 0.717) is 17.5 Å². The Balaban J connectivity index is 2.07. The summed E-state index contributed by atoms with van der Waals surface area (Å²) in [5.41, 5.74) is 0.213. The smallest absolute Gasteiger partial charge is 0.338 e. The SMILES string of the molecule is CCOCCOC(=O)c1ccc(S(O)(O)N2C(=O)CCC2=O)cc1. The van der Waals surface area contributed by atoms with Crippen molar-refractivity contribution in [1.82, 2.24) is 4.31 Å². The number of rotatable bonds is 7. The summed E-state index contributed by atoms with van der Waals surface area (Å²) in [4.78, 5) is 35.1. The first-order valence-corrected chi connectivity index (χ1v) is 8.87. The van der Waals surface area contributed by atoms with Crippen molar-refractivity contribution in [3.63, 3.8) is 0 Å². The Kier molecular flexibility index (Phi) is 5.94. The topological polar surface area (TPSA) is 113 Å². The van der Waals surface area contributed by atoms with Crippen LogP contribution in [0.15, 0.2) is 29.2 Å². The van der Waals surface area contributed by atoms with Gasteiger partial charge in [-0.05, 0) is 31.2 Å². The number of ether oxygens (including phenoxy) is 2. The van der Waals surface area contributed by atoms with E-state index in [0.717, 1.165) is 0 Å². The highest BCUT2D eigenvalue weighted by Crippen LogP contribution is 2.53. The number of carbonyl (C=O) groups excluding carboxylic acids is 3. The Morgan fingerprint density at radius 3 is 2.25 bits per heavy atom. The highest BCUT2D eigenvalue weighted by atomic mass is 32.3. The lowest BCUT2D eigenvalue weighted by atomic mass is 10.2. The highest BCUT2D eigenvalue weighted by Gasteiger charge is 2.40. The summed E-state index contributed by atoms with van der Waals surface area (Å²) in [6.45, 7) is 2.76. The molecule has 0 bridgehead atoms. The summed E-state index contributed by atoms with van der Waals surface area (Å²) in [5.74, 6) is -1.83. The molecular weight excluding hydrogens is 338 g/mol. The van der Waals surface area contributed by atoms with Crippen LogP contribution < -0.4 is 0 Å². The molecule has 0 aromatic heterocycles. The first-order chi connectivity index (χ1) is 11.4. The first-order valence-electron chi connectivity index (χ1n) is 7.37. The number of hydrogen-bond acceptors (Lipinski definition) is 7. The summed E-state index contributed by atoms with van der Waals surface area (Å²) in [7, 11) is -3.74. The number of amides is 2. The van der Waals surface area contributed by atoms with Crippen LogP contribution in [0.3, 0.4) is 0 Å². The van der Waals surface area contributed by atoms with Crippen molar-refractivity contribution in [2.75, 3.05) is 19.8 Å². The van der Waals surface area contributed by atoms with Crippen LogP contribution in [0.25, 0.3) is 0 Å². The van der Waals surface area contributed by atoms with E-state index < -0.39 is 28.6 Å². The Hall–Kier alpha value is -1.94. The van der Waals surface area contributed by atoms with Crippen LogP contribution in [0, 0.1) is 0 Å². The first kappa shape index (κ1) is 18.4. The van der Waals surface area contributed by atoms with E-state index in [2.05, 4.69) is 0 Å². The van der Waals surface area contributed by atoms with Crippen LogP contribution in [0.1, 0.15) is 30.1 Å². The van der Waals surface area contributed by atoms with E-state index in [1.54, 1.807) is 0 Å². The molecule has 2 N–H and O–H groups in total. The van der Waals surface area contributed by atoms with Gasteiger partial charge in [0.25, 0.3) is 0 Å². The van der Waals surface area contributed by atoms with Gasteiger partial charge in [0.1, 0.15) is 6.61 Å². The lowest BCUT2D eigenvalue weighted by Crippen LogP contribution is -2.32. The van der Waals surface area contributed by atoms with Gasteiger partial charge in [-0.3, -0.25) is 18.7 Å². The van der Waals surface area contributed by atoms with Crippen LogP contribution >= 0.6 is 10.8 Å². The van der Waals surface area contributed by atoms with Crippen LogP contribution in [-0.2, 0) is 19.1 Å². The molecule has 1 fully saturated rings. The number of esters is 1. The minimum Gasteiger partial charge on any atom is -0.460 e. The van der Waals surface area contributed by atoms with E-state index in [9.17, 15) is 23.5 Å². The number of benzene rings is 1. The molecule has 1 heterocycles. The summed E-state index contributed by atoms with van der Waals surface area (Å²) in [5, 5.41) is 0. The van der Waals surface area contributed by atoms with Crippen molar-refractivity contribution < 1.29 is 33.0 Å². The summed E-state index contributed by atoms with van der Waals surface area (Å²) in [6, 6.07) is 5.26. The molecule has 1 aliphatic heterocycles. The van der Waals surface area contributed by atoms with Crippen molar-refractivity contribution in [2.45, 2.75) is 24.7 Å². The molecule has 0 spiro atoms. The summed E-state index contributed by atoms with van der Waals surface area (Å²) < 4.78 is 31.0. The maximum Gasteiger partial charge on any atom is 0.338 e. The lowest BCUT2D eigenvalue weighted by Gasteiger charge is -2.38. The molecule has 1 saturated heterocycles. The average molecular weight is 357 g/mol. The van der Waals surface area contributed by atoms with Crippen molar-refractivity contribution in [3.8, 4) is 0 Å². The Labute approximate surface area is 140 Å². The van der Waals surface area contributed by atoms with Gasteiger partial charge in [-0.15, -0.1) is 0 Å². The van der Waals surface area contributed by atoms with Gasteiger partial charge >= 0.3 is 5.97 Å². The molecule has 1 aromatic rings. The Morgan fingerprint density at radius 1 is 1.12 bits per heavy atom. The van der Waals surface area contributed by atoms with E-state index in [1.165, 1.54) is 24.3 Å².